The first-order valence-electron chi connectivity index (χ1n) is 5.57. The predicted molar refractivity (Wildman–Crippen MR) is 77.1 cm³/mol. The van der Waals surface area contributed by atoms with Gasteiger partial charge in [0.1, 0.15) is 5.82 Å². The molecule has 0 fully saturated rings. The molecule has 2 rings (SSSR count). The lowest BCUT2D eigenvalue weighted by Gasteiger charge is -2.20. The Morgan fingerprint density at radius 1 is 1.17 bits per heavy atom. The van der Waals surface area contributed by atoms with Crippen LogP contribution in [0.5, 0.6) is 0 Å². The fourth-order valence-corrected chi connectivity index (χ4v) is 2.20. The van der Waals surface area contributed by atoms with Gasteiger partial charge in [0.25, 0.3) is 0 Å². The topological polar surface area (TPSA) is 29.3 Å². The average Bonchev–Trinajstić information content (AvgIpc) is 2.33. The molecule has 0 heterocycles. The van der Waals surface area contributed by atoms with Gasteiger partial charge < -0.3 is 10.6 Å². The Morgan fingerprint density at radius 2 is 1.83 bits per heavy atom. The molecule has 0 unspecified atom stereocenters. The first-order valence-corrected chi connectivity index (χ1v) is 6.36. The van der Waals surface area contributed by atoms with Crippen LogP contribution in [-0.2, 0) is 6.54 Å². The first-order chi connectivity index (χ1) is 8.56. The molecule has 2 aromatic rings. The molecule has 0 amide bonds. The van der Waals surface area contributed by atoms with Gasteiger partial charge in [-0.3, -0.25) is 0 Å². The first kappa shape index (κ1) is 12.9. The summed E-state index contributed by atoms with van der Waals surface area (Å²) < 4.78 is 13.8. The van der Waals surface area contributed by atoms with Crippen LogP contribution in [0.4, 0.5) is 15.8 Å². The highest BCUT2D eigenvalue weighted by atomic mass is 79.9. The van der Waals surface area contributed by atoms with Crippen LogP contribution in [0.2, 0.25) is 0 Å². The van der Waals surface area contributed by atoms with Crippen molar-refractivity contribution in [1.82, 2.24) is 0 Å². The Labute approximate surface area is 114 Å². The van der Waals surface area contributed by atoms with E-state index in [0.717, 1.165) is 21.4 Å². The lowest BCUT2D eigenvalue weighted by Crippen LogP contribution is -2.16. The van der Waals surface area contributed by atoms with Crippen molar-refractivity contribution in [2.75, 3.05) is 17.7 Å². The highest BCUT2D eigenvalue weighted by molar-refractivity contribution is 9.10. The van der Waals surface area contributed by atoms with E-state index in [1.54, 1.807) is 6.07 Å². The second kappa shape index (κ2) is 5.40. The number of hydrogen-bond donors (Lipinski definition) is 1. The normalized spacial score (nSPS) is 10.4. The van der Waals surface area contributed by atoms with E-state index in [1.807, 2.05) is 31.3 Å². The third kappa shape index (κ3) is 3.01. The van der Waals surface area contributed by atoms with Crippen molar-refractivity contribution in [2.24, 2.45) is 0 Å². The Bertz CT molecular complexity index is 540. The molecule has 0 saturated carbocycles. The summed E-state index contributed by atoms with van der Waals surface area (Å²) >= 11 is 3.37. The summed E-state index contributed by atoms with van der Waals surface area (Å²) in [5.74, 6) is -0.235. The number of halogens is 2. The van der Waals surface area contributed by atoms with Gasteiger partial charge in [0.2, 0.25) is 0 Å². The van der Waals surface area contributed by atoms with E-state index in [-0.39, 0.29) is 5.82 Å². The maximum atomic E-state index is 13.0. The zero-order valence-electron chi connectivity index (χ0n) is 10.0. The minimum Gasteiger partial charge on any atom is -0.399 e. The van der Waals surface area contributed by atoms with Gasteiger partial charge in [0, 0.05) is 29.4 Å². The summed E-state index contributed by atoms with van der Waals surface area (Å²) in [7, 11) is 1.99. The standard InChI is InChI=1S/C14H14BrFN2/c1-18(13-6-4-12(17)5-7-13)9-10-2-3-11(16)8-14(10)15/h2-8H,9,17H2,1H3. The minimum atomic E-state index is -0.235. The smallest absolute Gasteiger partial charge is 0.124 e. The summed E-state index contributed by atoms with van der Waals surface area (Å²) in [5, 5.41) is 0. The predicted octanol–water partition coefficient (Wildman–Crippen LogP) is 3.81. The molecule has 18 heavy (non-hydrogen) atoms. The van der Waals surface area contributed by atoms with Crippen LogP contribution in [0, 0.1) is 5.82 Å². The zero-order chi connectivity index (χ0) is 13.1. The third-order valence-electron chi connectivity index (χ3n) is 2.76. The highest BCUT2D eigenvalue weighted by Gasteiger charge is 2.06. The molecular weight excluding hydrogens is 295 g/mol. The summed E-state index contributed by atoms with van der Waals surface area (Å²) in [6, 6.07) is 12.4. The van der Waals surface area contributed by atoms with Gasteiger partial charge in [-0.1, -0.05) is 22.0 Å². The minimum absolute atomic E-state index is 0.235. The van der Waals surface area contributed by atoms with E-state index in [0.29, 0.717) is 6.54 Å². The molecule has 0 aliphatic carbocycles. The van der Waals surface area contributed by atoms with E-state index >= 15 is 0 Å². The van der Waals surface area contributed by atoms with Gasteiger partial charge in [-0.25, -0.2) is 4.39 Å². The van der Waals surface area contributed by atoms with Gasteiger partial charge in [-0.2, -0.15) is 0 Å². The Kier molecular flexibility index (Phi) is 3.87. The number of benzene rings is 2. The molecular formula is C14H14BrFN2. The highest BCUT2D eigenvalue weighted by Crippen LogP contribution is 2.22. The summed E-state index contributed by atoms with van der Waals surface area (Å²) in [5.41, 5.74) is 8.51. The van der Waals surface area contributed by atoms with Gasteiger partial charge >= 0.3 is 0 Å². The van der Waals surface area contributed by atoms with Gasteiger partial charge in [0.05, 0.1) is 0 Å². The largest absolute Gasteiger partial charge is 0.399 e. The van der Waals surface area contributed by atoms with Crippen LogP contribution in [0.25, 0.3) is 0 Å². The van der Waals surface area contributed by atoms with Crippen molar-refractivity contribution in [3.8, 4) is 0 Å². The van der Waals surface area contributed by atoms with Crippen molar-refractivity contribution >= 4 is 27.3 Å². The lowest BCUT2D eigenvalue weighted by atomic mass is 10.2. The molecule has 0 aliphatic heterocycles. The monoisotopic (exact) mass is 308 g/mol. The van der Waals surface area contributed by atoms with Crippen LogP contribution < -0.4 is 10.6 Å². The fraction of sp³-hybridized carbons (Fsp3) is 0.143. The quantitative estimate of drug-likeness (QED) is 0.874. The lowest BCUT2D eigenvalue weighted by molar-refractivity contribution is 0.626. The second-order valence-electron chi connectivity index (χ2n) is 4.18. The molecule has 2 N–H and O–H groups in total. The molecule has 0 saturated heterocycles. The molecule has 0 atom stereocenters. The molecule has 2 aromatic carbocycles. The van der Waals surface area contributed by atoms with Gasteiger partial charge in [0.15, 0.2) is 0 Å². The average molecular weight is 309 g/mol. The number of nitrogens with zero attached hydrogens (tertiary/aromatic N) is 1. The molecule has 0 spiro atoms. The van der Waals surface area contributed by atoms with Crippen molar-refractivity contribution in [3.05, 3.63) is 58.3 Å². The SMILES string of the molecule is CN(Cc1ccc(F)cc1Br)c1ccc(N)cc1. The van der Waals surface area contributed by atoms with E-state index in [4.69, 9.17) is 5.73 Å². The number of rotatable bonds is 3. The van der Waals surface area contributed by atoms with Crippen LogP contribution in [0.1, 0.15) is 5.56 Å². The molecule has 0 radical (unpaired) electrons. The Morgan fingerprint density at radius 3 is 2.44 bits per heavy atom. The van der Waals surface area contributed by atoms with Crippen molar-refractivity contribution in [1.29, 1.82) is 0 Å². The molecule has 0 aromatic heterocycles. The maximum Gasteiger partial charge on any atom is 0.124 e. The summed E-state index contributed by atoms with van der Waals surface area (Å²) in [6.45, 7) is 0.699. The number of hydrogen-bond acceptors (Lipinski definition) is 2. The number of nitrogens with two attached hydrogens (primary N) is 1. The van der Waals surface area contributed by atoms with Crippen molar-refractivity contribution in [2.45, 2.75) is 6.54 Å². The van der Waals surface area contributed by atoms with E-state index in [1.165, 1.54) is 12.1 Å². The van der Waals surface area contributed by atoms with Crippen LogP contribution in [0.15, 0.2) is 46.9 Å². The van der Waals surface area contributed by atoms with Crippen molar-refractivity contribution < 1.29 is 4.39 Å². The van der Waals surface area contributed by atoms with Gasteiger partial charge in [-0.15, -0.1) is 0 Å². The fourth-order valence-electron chi connectivity index (χ4n) is 1.73. The van der Waals surface area contributed by atoms with Crippen LogP contribution in [0.3, 0.4) is 0 Å². The van der Waals surface area contributed by atoms with Crippen LogP contribution >= 0.6 is 15.9 Å². The van der Waals surface area contributed by atoms with Crippen LogP contribution in [-0.4, -0.2) is 7.05 Å². The zero-order valence-corrected chi connectivity index (χ0v) is 11.6. The van der Waals surface area contributed by atoms with Gasteiger partial charge in [-0.05, 0) is 42.0 Å². The van der Waals surface area contributed by atoms with Crippen molar-refractivity contribution in [3.63, 3.8) is 0 Å². The Hall–Kier alpha value is -1.55. The van der Waals surface area contributed by atoms with E-state index < -0.39 is 0 Å². The summed E-state index contributed by atoms with van der Waals surface area (Å²) in [6.07, 6.45) is 0. The third-order valence-corrected chi connectivity index (χ3v) is 3.49. The Balaban J connectivity index is 2.15. The van der Waals surface area contributed by atoms with E-state index in [2.05, 4.69) is 20.8 Å². The molecule has 2 nitrogen and oxygen atoms in total. The molecule has 94 valence electrons. The van der Waals surface area contributed by atoms with E-state index in [9.17, 15) is 4.39 Å². The number of anilines is 2. The second-order valence-corrected chi connectivity index (χ2v) is 5.04. The molecule has 0 bridgehead atoms. The number of nitrogen functional groups attached to an aromatic ring is 1. The molecule has 0 aliphatic rings. The molecule has 4 heteroatoms. The maximum absolute atomic E-state index is 13.0. The summed E-state index contributed by atoms with van der Waals surface area (Å²) in [4.78, 5) is 2.08.